The number of nitrogens with one attached hydrogen (secondary N) is 1. The zero-order valence-corrected chi connectivity index (χ0v) is 17.9. The summed E-state index contributed by atoms with van der Waals surface area (Å²) in [6.45, 7) is 1.84. The fourth-order valence-electron chi connectivity index (χ4n) is 2.62. The van der Waals surface area contributed by atoms with Gasteiger partial charge in [-0.25, -0.2) is 9.59 Å². The first-order valence-corrected chi connectivity index (χ1v) is 10.4. The molecule has 31 heavy (non-hydrogen) atoms. The third-order valence-electron chi connectivity index (χ3n) is 4.19. The number of anilines is 1. The van der Waals surface area contributed by atoms with E-state index < -0.39 is 11.9 Å². The number of carbonyl (C=O) groups excluding carboxylic acids is 3. The van der Waals surface area contributed by atoms with E-state index in [-0.39, 0.29) is 24.0 Å². The second kappa shape index (κ2) is 10.5. The molecule has 0 fully saturated rings. The highest BCUT2D eigenvalue weighted by molar-refractivity contribution is 8.00. The number of methoxy groups -OCH3 is 1. The van der Waals surface area contributed by atoms with Crippen molar-refractivity contribution in [1.29, 1.82) is 0 Å². The monoisotopic (exact) mass is 439 g/mol. The lowest BCUT2D eigenvalue weighted by Gasteiger charge is -2.09. The molecule has 8 heteroatoms. The molecular weight excluding hydrogens is 418 g/mol. The summed E-state index contributed by atoms with van der Waals surface area (Å²) < 4.78 is 15.2. The molecule has 0 unspecified atom stereocenters. The van der Waals surface area contributed by atoms with E-state index in [2.05, 4.69) is 10.1 Å². The van der Waals surface area contributed by atoms with E-state index in [0.717, 1.165) is 5.56 Å². The second-order valence-corrected chi connectivity index (χ2v) is 7.55. The predicted octanol–water partition coefficient (Wildman–Crippen LogP) is 4.46. The van der Waals surface area contributed by atoms with Crippen LogP contribution in [0.15, 0.2) is 70.0 Å². The van der Waals surface area contributed by atoms with Crippen LogP contribution < -0.4 is 5.32 Å². The minimum absolute atomic E-state index is 0.0316. The highest BCUT2D eigenvalue weighted by Gasteiger charge is 2.16. The summed E-state index contributed by atoms with van der Waals surface area (Å²) in [4.78, 5) is 36.8. The molecule has 3 aromatic rings. The van der Waals surface area contributed by atoms with Crippen molar-refractivity contribution in [3.05, 3.63) is 83.3 Å². The number of benzene rings is 2. The van der Waals surface area contributed by atoms with Crippen LogP contribution in [0.2, 0.25) is 0 Å². The van der Waals surface area contributed by atoms with Gasteiger partial charge < -0.3 is 19.2 Å². The van der Waals surface area contributed by atoms with Crippen LogP contribution >= 0.6 is 11.8 Å². The number of ether oxygens (including phenoxy) is 2. The Bertz CT molecular complexity index is 1070. The minimum atomic E-state index is -0.608. The summed E-state index contributed by atoms with van der Waals surface area (Å²) >= 11 is 1.24. The first-order valence-electron chi connectivity index (χ1n) is 9.39. The van der Waals surface area contributed by atoms with Gasteiger partial charge in [-0.1, -0.05) is 29.8 Å². The lowest BCUT2D eigenvalue weighted by Crippen LogP contribution is -2.14. The third kappa shape index (κ3) is 6.23. The van der Waals surface area contributed by atoms with E-state index in [1.165, 1.54) is 31.0 Å². The van der Waals surface area contributed by atoms with E-state index in [1.54, 1.807) is 24.3 Å². The van der Waals surface area contributed by atoms with Crippen molar-refractivity contribution in [2.45, 2.75) is 18.4 Å². The molecule has 0 aliphatic heterocycles. The zero-order chi connectivity index (χ0) is 22.2. The molecule has 0 saturated carbocycles. The van der Waals surface area contributed by atoms with E-state index in [1.807, 2.05) is 31.2 Å². The smallest absolute Gasteiger partial charge is 0.373 e. The molecular formula is C23H21NO6S. The van der Waals surface area contributed by atoms with Crippen LogP contribution in [-0.4, -0.2) is 30.7 Å². The fraction of sp³-hybridized carbons (Fsp3) is 0.174. The van der Waals surface area contributed by atoms with Gasteiger partial charge in [0.05, 0.1) is 18.4 Å². The van der Waals surface area contributed by atoms with Gasteiger partial charge >= 0.3 is 11.9 Å². The van der Waals surface area contributed by atoms with Crippen molar-refractivity contribution in [3.8, 4) is 0 Å². The van der Waals surface area contributed by atoms with Crippen molar-refractivity contribution >= 4 is 35.3 Å². The van der Waals surface area contributed by atoms with Crippen LogP contribution in [0.25, 0.3) is 0 Å². The van der Waals surface area contributed by atoms with Crippen molar-refractivity contribution in [3.63, 3.8) is 0 Å². The molecule has 1 heterocycles. The molecule has 160 valence electrons. The number of hydrogen-bond acceptors (Lipinski definition) is 7. The Labute approximate surface area is 183 Å². The van der Waals surface area contributed by atoms with Gasteiger partial charge in [-0.3, -0.25) is 4.79 Å². The second-order valence-electron chi connectivity index (χ2n) is 6.53. The van der Waals surface area contributed by atoms with Crippen molar-refractivity contribution in [1.82, 2.24) is 0 Å². The summed E-state index contributed by atoms with van der Waals surface area (Å²) in [5.74, 6) is -0.858. The molecule has 1 N–H and O–H groups in total. The molecule has 0 aliphatic rings. The van der Waals surface area contributed by atoms with E-state index in [0.29, 0.717) is 21.9 Å². The van der Waals surface area contributed by atoms with Gasteiger partial charge in [-0.05, 0) is 43.3 Å². The third-order valence-corrected chi connectivity index (χ3v) is 5.27. The summed E-state index contributed by atoms with van der Waals surface area (Å²) in [6.07, 6.45) is 0. The molecule has 0 saturated heterocycles. The Kier molecular flexibility index (Phi) is 7.50. The Morgan fingerprint density at radius 3 is 2.45 bits per heavy atom. The van der Waals surface area contributed by atoms with Gasteiger partial charge in [-0.2, -0.15) is 0 Å². The molecule has 1 amide bonds. The average molecular weight is 439 g/mol. The van der Waals surface area contributed by atoms with Crippen LogP contribution in [0.3, 0.4) is 0 Å². The Morgan fingerprint density at radius 1 is 0.968 bits per heavy atom. The molecule has 7 nitrogen and oxygen atoms in total. The number of amides is 1. The highest BCUT2D eigenvalue weighted by atomic mass is 32.2. The topological polar surface area (TPSA) is 94.8 Å². The van der Waals surface area contributed by atoms with Crippen LogP contribution in [0.5, 0.6) is 0 Å². The summed E-state index contributed by atoms with van der Waals surface area (Å²) in [7, 11) is 1.25. The van der Waals surface area contributed by atoms with Gasteiger partial charge in [0.1, 0.15) is 12.4 Å². The predicted molar refractivity (Wildman–Crippen MR) is 116 cm³/mol. The van der Waals surface area contributed by atoms with E-state index in [4.69, 9.17) is 9.15 Å². The number of furan rings is 1. The number of thioether (sulfide) groups is 1. The fourth-order valence-corrected chi connectivity index (χ4v) is 3.46. The molecule has 0 spiro atoms. The standard InChI is InChI=1S/C23H21NO6S/c1-15-7-9-16(10-8-15)24-21(25)14-31-20-6-4-3-5-18(20)22(26)29-13-17-11-12-19(30-17)23(27)28-2/h3-12H,13-14H2,1-2H3,(H,24,25). The van der Waals surface area contributed by atoms with Crippen LogP contribution in [0.4, 0.5) is 5.69 Å². The summed E-state index contributed by atoms with van der Waals surface area (Å²) in [6, 6.07) is 17.4. The molecule has 3 rings (SSSR count). The highest BCUT2D eigenvalue weighted by Crippen LogP contribution is 2.24. The number of aryl methyl sites for hydroxylation is 1. The summed E-state index contributed by atoms with van der Waals surface area (Å²) in [5.41, 5.74) is 2.17. The zero-order valence-electron chi connectivity index (χ0n) is 17.0. The lowest BCUT2D eigenvalue weighted by molar-refractivity contribution is -0.113. The first-order chi connectivity index (χ1) is 15.0. The first kappa shape index (κ1) is 22.2. The van der Waals surface area contributed by atoms with Gasteiger partial charge in [0.2, 0.25) is 11.7 Å². The van der Waals surface area contributed by atoms with Crippen LogP contribution in [0, 0.1) is 6.92 Å². The van der Waals surface area contributed by atoms with Gasteiger partial charge in [-0.15, -0.1) is 11.8 Å². The Balaban J connectivity index is 1.57. The van der Waals surface area contributed by atoms with Gasteiger partial charge in [0, 0.05) is 10.6 Å². The number of hydrogen-bond donors (Lipinski definition) is 1. The maximum atomic E-state index is 12.5. The normalized spacial score (nSPS) is 10.4. The average Bonchev–Trinajstić information content (AvgIpc) is 3.26. The Hall–Kier alpha value is -3.52. The van der Waals surface area contributed by atoms with Crippen LogP contribution in [-0.2, 0) is 20.9 Å². The lowest BCUT2D eigenvalue weighted by atomic mass is 10.2. The largest absolute Gasteiger partial charge is 0.463 e. The van der Waals surface area contributed by atoms with Crippen molar-refractivity contribution in [2.24, 2.45) is 0 Å². The van der Waals surface area contributed by atoms with Gasteiger partial charge in [0.15, 0.2) is 0 Å². The molecule has 0 radical (unpaired) electrons. The SMILES string of the molecule is COC(=O)c1ccc(COC(=O)c2ccccc2SCC(=O)Nc2ccc(C)cc2)o1. The molecule has 0 atom stereocenters. The molecule has 0 bridgehead atoms. The van der Waals surface area contributed by atoms with Crippen LogP contribution in [0.1, 0.15) is 32.2 Å². The number of rotatable bonds is 8. The molecule has 0 aliphatic carbocycles. The minimum Gasteiger partial charge on any atom is -0.463 e. The maximum Gasteiger partial charge on any atom is 0.373 e. The quantitative estimate of drug-likeness (QED) is 0.409. The van der Waals surface area contributed by atoms with Crippen molar-refractivity contribution in [2.75, 3.05) is 18.2 Å². The maximum absolute atomic E-state index is 12.5. The molecule has 2 aromatic carbocycles. The Morgan fingerprint density at radius 2 is 1.71 bits per heavy atom. The summed E-state index contributed by atoms with van der Waals surface area (Å²) in [5, 5.41) is 2.82. The number of carbonyl (C=O) groups is 3. The van der Waals surface area contributed by atoms with Crippen molar-refractivity contribution < 1.29 is 28.3 Å². The van der Waals surface area contributed by atoms with E-state index in [9.17, 15) is 14.4 Å². The van der Waals surface area contributed by atoms with Gasteiger partial charge in [0.25, 0.3) is 0 Å². The molecule has 1 aromatic heterocycles. The van der Waals surface area contributed by atoms with E-state index >= 15 is 0 Å². The number of esters is 2.